The summed E-state index contributed by atoms with van der Waals surface area (Å²) in [6.45, 7) is 7.44. The molecule has 0 radical (unpaired) electrons. The van der Waals surface area contributed by atoms with Gasteiger partial charge in [-0.2, -0.15) is 0 Å². The van der Waals surface area contributed by atoms with Crippen molar-refractivity contribution in [1.82, 2.24) is 0 Å². The van der Waals surface area contributed by atoms with Gasteiger partial charge in [0.05, 0.1) is 0 Å². The van der Waals surface area contributed by atoms with Gasteiger partial charge in [0.1, 0.15) is 6.10 Å². The highest BCUT2D eigenvalue weighted by Crippen LogP contribution is 2.25. The van der Waals surface area contributed by atoms with Crippen molar-refractivity contribution in [2.75, 3.05) is 0 Å². The molecule has 0 aliphatic carbocycles. The molecule has 12 heavy (non-hydrogen) atoms. The van der Waals surface area contributed by atoms with E-state index in [0.717, 1.165) is 19.3 Å². The van der Waals surface area contributed by atoms with E-state index in [4.69, 9.17) is 5.11 Å². The van der Waals surface area contributed by atoms with Crippen LogP contribution in [0.2, 0.25) is 0 Å². The molecule has 0 fully saturated rings. The molecule has 0 bridgehead atoms. The molecule has 0 heterocycles. The number of rotatable bonds is 5. The number of hydrogen-bond donors (Lipinski definition) is 1. The second-order valence-electron chi connectivity index (χ2n) is 4.03. The van der Waals surface area contributed by atoms with E-state index in [1.165, 1.54) is 6.92 Å². The molecular formula is C10H20O2. The summed E-state index contributed by atoms with van der Waals surface area (Å²) in [7, 11) is 0. The summed E-state index contributed by atoms with van der Waals surface area (Å²) in [5.41, 5.74) is -0.357. The van der Waals surface area contributed by atoms with Crippen molar-refractivity contribution in [3.63, 3.8) is 0 Å². The topological polar surface area (TPSA) is 37.3 Å². The fourth-order valence-electron chi connectivity index (χ4n) is 1.31. The lowest BCUT2D eigenvalue weighted by molar-refractivity contribution is -0.135. The number of Topliss-reactive ketones (excluding diaryl/α,β-unsaturated/α-hetero) is 1. The molecule has 0 aliphatic heterocycles. The van der Waals surface area contributed by atoms with Crippen molar-refractivity contribution in [2.45, 2.75) is 53.1 Å². The predicted octanol–water partition coefficient (Wildman–Crippen LogP) is 2.15. The minimum Gasteiger partial charge on any atom is -0.386 e. The smallest absolute Gasteiger partial charge is 0.166 e. The van der Waals surface area contributed by atoms with Crippen LogP contribution in [0.4, 0.5) is 0 Å². The van der Waals surface area contributed by atoms with Crippen LogP contribution in [0.15, 0.2) is 0 Å². The van der Waals surface area contributed by atoms with Crippen molar-refractivity contribution < 1.29 is 9.90 Å². The Morgan fingerprint density at radius 3 is 2.33 bits per heavy atom. The van der Waals surface area contributed by atoms with Gasteiger partial charge in [-0.3, -0.25) is 4.79 Å². The van der Waals surface area contributed by atoms with E-state index < -0.39 is 6.10 Å². The van der Waals surface area contributed by atoms with Crippen LogP contribution in [-0.4, -0.2) is 17.0 Å². The first-order valence-electron chi connectivity index (χ1n) is 4.64. The second-order valence-corrected chi connectivity index (χ2v) is 4.03. The molecule has 2 nitrogen and oxygen atoms in total. The quantitative estimate of drug-likeness (QED) is 0.690. The van der Waals surface area contributed by atoms with E-state index in [1.54, 1.807) is 0 Å². The summed E-state index contributed by atoms with van der Waals surface area (Å²) in [4.78, 5) is 11.4. The second kappa shape index (κ2) is 4.61. The molecule has 0 spiro atoms. The average molecular weight is 172 g/mol. The molecule has 0 aromatic heterocycles. The van der Waals surface area contributed by atoms with Gasteiger partial charge in [-0.1, -0.05) is 33.6 Å². The Morgan fingerprint density at radius 2 is 2.00 bits per heavy atom. The van der Waals surface area contributed by atoms with Crippen molar-refractivity contribution in [2.24, 2.45) is 5.41 Å². The molecule has 1 N–H and O–H groups in total. The van der Waals surface area contributed by atoms with E-state index >= 15 is 0 Å². The number of aliphatic hydroxyl groups excluding tert-OH is 1. The molecule has 0 saturated carbocycles. The fourth-order valence-corrected chi connectivity index (χ4v) is 1.31. The van der Waals surface area contributed by atoms with Crippen LogP contribution in [0.1, 0.15) is 47.0 Å². The van der Waals surface area contributed by atoms with Crippen molar-refractivity contribution >= 4 is 5.78 Å². The van der Waals surface area contributed by atoms with Crippen molar-refractivity contribution in [3.05, 3.63) is 0 Å². The van der Waals surface area contributed by atoms with Crippen LogP contribution in [0.3, 0.4) is 0 Å². The first kappa shape index (κ1) is 11.6. The van der Waals surface area contributed by atoms with E-state index in [0.29, 0.717) is 0 Å². The normalized spacial score (nSPS) is 14.4. The molecule has 72 valence electrons. The zero-order valence-electron chi connectivity index (χ0n) is 8.55. The first-order chi connectivity index (χ1) is 5.41. The first-order valence-corrected chi connectivity index (χ1v) is 4.64. The van der Waals surface area contributed by atoms with Crippen LogP contribution in [0, 0.1) is 5.41 Å². The maximum absolute atomic E-state index is 11.4. The van der Waals surface area contributed by atoms with Gasteiger partial charge in [-0.25, -0.2) is 0 Å². The molecule has 0 amide bonds. The Balaban J connectivity index is 4.09. The van der Waals surface area contributed by atoms with Gasteiger partial charge in [-0.15, -0.1) is 0 Å². The lowest BCUT2D eigenvalue weighted by atomic mass is 9.81. The third-order valence-corrected chi connectivity index (χ3v) is 2.20. The Kier molecular flexibility index (Phi) is 4.46. The van der Waals surface area contributed by atoms with Crippen LogP contribution >= 0.6 is 0 Å². The highest BCUT2D eigenvalue weighted by Gasteiger charge is 2.29. The Morgan fingerprint density at radius 1 is 1.50 bits per heavy atom. The molecular weight excluding hydrogens is 152 g/mol. The molecule has 1 atom stereocenters. The van der Waals surface area contributed by atoms with E-state index in [9.17, 15) is 4.79 Å². The Hall–Kier alpha value is -0.370. The standard InChI is InChI=1S/C10H20O2/c1-5-6-7-10(3,4)9(12)8(2)11/h8,11H,5-7H2,1-4H3. The lowest BCUT2D eigenvalue weighted by Gasteiger charge is -2.24. The summed E-state index contributed by atoms with van der Waals surface area (Å²) < 4.78 is 0. The van der Waals surface area contributed by atoms with Crippen molar-refractivity contribution in [3.8, 4) is 0 Å². The number of carbonyl (C=O) groups is 1. The maximum atomic E-state index is 11.4. The zero-order valence-corrected chi connectivity index (χ0v) is 8.55. The fraction of sp³-hybridized carbons (Fsp3) is 0.900. The number of ketones is 1. The lowest BCUT2D eigenvalue weighted by Crippen LogP contribution is -2.32. The third-order valence-electron chi connectivity index (χ3n) is 2.20. The number of unbranched alkanes of at least 4 members (excludes halogenated alkanes) is 1. The van der Waals surface area contributed by atoms with E-state index in [1.807, 2.05) is 13.8 Å². The van der Waals surface area contributed by atoms with Crippen molar-refractivity contribution in [1.29, 1.82) is 0 Å². The van der Waals surface area contributed by atoms with Gasteiger partial charge >= 0.3 is 0 Å². The average Bonchev–Trinajstić information content (AvgIpc) is 1.99. The highest BCUT2D eigenvalue weighted by molar-refractivity contribution is 5.87. The van der Waals surface area contributed by atoms with Crippen LogP contribution < -0.4 is 0 Å². The molecule has 0 rings (SSSR count). The summed E-state index contributed by atoms with van der Waals surface area (Å²) in [6.07, 6.45) is 2.19. The van der Waals surface area contributed by atoms with Gasteiger partial charge in [0.25, 0.3) is 0 Å². The van der Waals surface area contributed by atoms with Gasteiger partial charge in [0.2, 0.25) is 0 Å². The van der Waals surface area contributed by atoms with Gasteiger partial charge in [0.15, 0.2) is 5.78 Å². The summed E-state index contributed by atoms with van der Waals surface area (Å²) in [5.74, 6) is -0.0454. The third kappa shape index (κ3) is 3.35. The van der Waals surface area contributed by atoms with Gasteiger partial charge in [-0.05, 0) is 13.3 Å². The highest BCUT2D eigenvalue weighted by atomic mass is 16.3. The van der Waals surface area contributed by atoms with E-state index in [-0.39, 0.29) is 11.2 Å². The van der Waals surface area contributed by atoms with E-state index in [2.05, 4.69) is 6.92 Å². The van der Waals surface area contributed by atoms with Crippen LogP contribution in [0.25, 0.3) is 0 Å². The molecule has 0 aliphatic rings. The minimum absolute atomic E-state index is 0.0454. The largest absolute Gasteiger partial charge is 0.386 e. The minimum atomic E-state index is -0.822. The molecule has 0 aromatic rings. The Labute approximate surface area is 75.0 Å². The summed E-state index contributed by atoms with van der Waals surface area (Å²) in [6, 6.07) is 0. The van der Waals surface area contributed by atoms with Crippen LogP contribution in [0.5, 0.6) is 0 Å². The predicted molar refractivity (Wildman–Crippen MR) is 50.0 cm³/mol. The summed E-state index contributed by atoms with van der Waals surface area (Å²) in [5, 5.41) is 9.11. The maximum Gasteiger partial charge on any atom is 0.166 e. The SMILES string of the molecule is CCCCC(C)(C)C(=O)C(C)O. The molecule has 2 heteroatoms. The Bertz CT molecular complexity index is 148. The number of carbonyl (C=O) groups excluding carboxylic acids is 1. The van der Waals surface area contributed by atoms with Gasteiger partial charge < -0.3 is 5.11 Å². The monoisotopic (exact) mass is 172 g/mol. The molecule has 0 saturated heterocycles. The molecule has 1 unspecified atom stereocenters. The molecule has 0 aromatic carbocycles. The number of hydrogen-bond acceptors (Lipinski definition) is 2. The summed E-state index contributed by atoms with van der Waals surface area (Å²) >= 11 is 0. The van der Waals surface area contributed by atoms with Gasteiger partial charge in [0, 0.05) is 5.41 Å². The zero-order chi connectivity index (χ0) is 9.78. The van der Waals surface area contributed by atoms with Crippen LogP contribution in [-0.2, 0) is 4.79 Å². The number of aliphatic hydroxyl groups is 1.